The number of ketones is 1. The number of hydrogen-bond donors (Lipinski definition) is 0. The number of hydrogen-bond acceptors (Lipinski definition) is 4. The molecule has 0 fully saturated rings. The normalized spacial score (nSPS) is 15.0. The third kappa shape index (κ3) is 6.04. The van der Waals surface area contributed by atoms with Gasteiger partial charge in [-0.3, -0.25) is 4.79 Å². The summed E-state index contributed by atoms with van der Waals surface area (Å²) in [4.78, 5) is 31.4. The van der Waals surface area contributed by atoms with Crippen molar-refractivity contribution in [3.63, 3.8) is 0 Å². The Morgan fingerprint density at radius 1 is 0.833 bits per heavy atom. The largest absolute Gasteiger partial charge is 0.462 e. The van der Waals surface area contributed by atoms with Gasteiger partial charge in [0.25, 0.3) is 0 Å². The lowest BCUT2D eigenvalue weighted by Gasteiger charge is -2.22. The molecule has 3 aromatic carbocycles. The lowest BCUT2D eigenvalue weighted by atomic mass is 9.87. The van der Waals surface area contributed by atoms with Crippen molar-refractivity contribution in [3.05, 3.63) is 122 Å². The number of fused-ring (bicyclic) bond motifs is 2. The van der Waals surface area contributed by atoms with Gasteiger partial charge in [-0.15, -0.1) is 0 Å². The molecule has 0 amide bonds. The van der Waals surface area contributed by atoms with Crippen LogP contribution in [0.1, 0.15) is 92.4 Å². The predicted octanol–water partition coefficient (Wildman–Crippen LogP) is 8.21. The summed E-state index contributed by atoms with van der Waals surface area (Å²) in [6, 6.07) is 17.5. The number of carbonyl (C=O) groups excluding carboxylic acids is 2. The fourth-order valence-electron chi connectivity index (χ4n) is 6.49. The second-order valence-corrected chi connectivity index (χ2v) is 12.1. The van der Waals surface area contributed by atoms with Gasteiger partial charge < -0.3 is 9.30 Å². The van der Waals surface area contributed by atoms with Crippen LogP contribution >= 0.6 is 23.2 Å². The highest BCUT2D eigenvalue weighted by atomic mass is 35.5. The molecular formula is C35H34Cl2N2O3. The summed E-state index contributed by atoms with van der Waals surface area (Å²) < 4.78 is 7.75. The lowest BCUT2D eigenvalue weighted by Crippen LogP contribution is -2.19. The van der Waals surface area contributed by atoms with E-state index in [1.165, 1.54) is 11.1 Å². The molecule has 216 valence electrons. The molecule has 0 unspecified atom stereocenters. The fourth-order valence-corrected chi connectivity index (χ4v) is 6.80. The summed E-state index contributed by atoms with van der Waals surface area (Å²) in [6.45, 7) is 0.712. The van der Waals surface area contributed by atoms with Crippen molar-refractivity contribution in [3.8, 4) is 0 Å². The Morgan fingerprint density at radius 2 is 1.50 bits per heavy atom. The zero-order chi connectivity index (χ0) is 29.1. The first-order valence-electron chi connectivity index (χ1n) is 14.9. The first-order chi connectivity index (χ1) is 20.5. The van der Waals surface area contributed by atoms with Gasteiger partial charge in [0.2, 0.25) is 5.78 Å². The van der Waals surface area contributed by atoms with Gasteiger partial charge in [-0.25, -0.2) is 9.78 Å². The smallest absolute Gasteiger partial charge is 0.338 e. The van der Waals surface area contributed by atoms with Crippen LogP contribution < -0.4 is 0 Å². The van der Waals surface area contributed by atoms with Crippen molar-refractivity contribution in [1.29, 1.82) is 0 Å². The molecule has 0 aliphatic heterocycles. The SMILES string of the molecule is O=C(OCC[C@H](Cn1ccnc1C(=O)c1cccc2c1CCCC2)c1ccc(Cl)c(Cl)c1)c1cccc2c1CCCC2. The Kier molecular flexibility index (Phi) is 8.78. The second-order valence-electron chi connectivity index (χ2n) is 11.3. The molecule has 2 aliphatic rings. The van der Waals surface area contributed by atoms with E-state index >= 15 is 0 Å². The van der Waals surface area contributed by atoms with Crippen molar-refractivity contribution < 1.29 is 14.3 Å². The van der Waals surface area contributed by atoms with E-state index in [-0.39, 0.29) is 24.3 Å². The Labute approximate surface area is 256 Å². The van der Waals surface area contributed by atoms with E-state index in [1.807, 2.05) is 47.2 Å². The van der Waals surface area contributed by atoms with Crippen molar-refractivity contribution in [2.75, 3.05) is 6.61 Å². The molecule has 0 bridgehead atoms. The zero-order valence-electron chi connectivity index (χ0n) is 23.6. The Hall–Kier alpha value is -3.41. The topological polar surface area (TPSA) is 61.2 Å². The first kappa shape index (κ1) is 28.7. The molecule has 2 aliphatic carbocycles. The van der Waals surface area contributed by atoms with Gasteiger partial charge in [0.05, 0.1) is 22.2 Å². The van der Waals surface area contributed by atoms with E-state index in [1.54, 1.807) is 12.3 Å². The van der Waals surface area contributed by atoms with Crippen LogP contribution in [0.15, 0.2) is 67.0 Å². The monoisotopic (exact) mass is 600 g/mol. The highest BCUT2D eigenvalue weighted by Gasteiger charge is 2.24. The van der Waals surface area contributed by atoms with Gasteiger partial charge in [-0.2, -0.15) is 0 Å². The maximum atomic E-state index is 13.8. The van der Waals surface area contributed by atoms with Crippen LogP contribution in [-0.4, -0.2) is 27.9 Å². The average Bonchev–Trinajstić information content (AvgIpc) is 3.49. The Morgan fingerprint density at radius 3 is 2.21 bits per heavy atom. The maximum absolute atomic E-state index is 13.8. The number of carbonyl (C=O) groups is 2. The molecule has 42 heavy (non-hydrogen) atoms. The molecule has 1 heterocycles. The predicted molar refractivity (Wildman–Crippen MR) is 166 cm³/mol. The highest BCUT2D eigenvalue weighted by molar-refractivity contribution is 6.42. The van der Waals surface area contributed by atoms with Crippen molar-refractivity contribution >= 4 is 35.0 Å². The molecule has 0 saturated heterocycles. The van der Waals surface area contributed by atoms with Crippen LogP contribution in [0.5, 0.6) is 0 Å². The van der Waals surface area contributed by atoms with E-state index < -0.39 is 0 Å². The number of benzene rings is 3. The van der Waals surface area contributed by atoms with Gasteiger partial charge in [-0.05, 0) is 104 Å². The second kappa shape index (κ2) is 12.8. The molecule has 4 aromatic rings. The number of imidazole rings is 1. The first-order valence-corrected chi connectivity index (χ1v) is 15.6. The van der Waals surface area contributed by atoms with Crippen LogP contribution in [0.3, 0.4) is 0 Å². The van der Waals surface area contributed by atoms with E-state index in [0.29, 0.717) is 34.4 Å². The summed E-state index contributed by atoms with van der Waals surface area (Å²) >= 11 is 12.6. The van der Waals surface area contributed by atoms with Crippen LogP contribution in [0.2, 0.25) is 10.0 Å². The minimum absolute atomic E-state index is 0.0630. The summed E-state index contributed by atoms with van der Waals surface area (Å²) in [6.07, 6.45) is 12.4. The van der Waals surface area contributed by atoms with Crippen LogP contribution in [-0.2, 0) is 37.0 Å². The molecule has 0 saturated carbocycles. The molecule has 7 heteroatoms. The number of halogens is 2. The highest BCUT2D eigenvalue weighted by Crippen LogP contribution is 2.31. The van der Waals surface area contributed by atoms with Gasteiger partial charge in [0.15, 0.2) is 5.82 Å². The lowest BCUT2D eigenvalue weighted by molar-refractivity contribution is 0.0489. The van der Waals surface area contributed by atoms with E-state index in [9.17, 15) is 9.59 Å². The summed E-state index contributed by atoms with van der Waals surface area (Å²) in [5.74, 6) is -0.0319. The molecule has 5 nitrogen and oxygen atoms in total. The minimum atomic E-state index is -0.283. The van der Waals surface area contributed by atoms with Crippen molar-refractivity contribution in [2.45, 2.75) is 70.3 Å². The fraction of sp³-hybridized carbons (Fsp3) is 0.343. The molecule has 1 atom stereocenters. The van der Waals surface area contributed by atoms with Gasteiger partial charge in [0, 0.05) is 30.4 Å². The Balaban J connectivity index is 1.22. The third-order valence-electron chi connectivity index (χ3n) is 8.71. The van der Waals surface area contributed by atoms with Crippen LogP contribution in [0, 0.1) is 0 Å². The van der Waals surface area contributed by atoms with Crippen LogP contribution in [0.4, 0.5) is 0 Å². The third-order valence-corrected chi connectivity index (χ3v) is 9.45. The average molecular weight is 602 g/mol. The number of aromatic nitrogens is 2. The number of esters is 1. The standard InChI is InChI=1S/C35H34Cl2N2O3/c36-31-16-15-25(21-32(31)37)26(17-20-42-35(41)30-14-6-10-24-8-2-4-12-28(24)30)22-39-19-18-38-34(39)33(40)29-13-5-9-23-7-1-3-11-27(23)29/h5-6,9-10,13-16,18-19,21,26H,1-4,7-8,11-12,17,20,22H2/t26-/m1/s1. The number of nitrogens with zero attached hydrogens (tertiary/aromatic N) is 2. The molecule has 0 radical (unpaired) electrons. The van der Waals surface area contributed by atoms with Gasteiger partial charge >= 0.3 is 5.97 Å². The van der Waals surface area contributed by atoms with E-state index in [0.717, 1.165) is 73.6 Å². The van der Waals surface area contributed by atoms with E-state index in [4.69, 9.17) is 27.9 Å². The maximum Gasteiger partial charge on any atom is 0.338 e. The quantitative estimate of drug-likeness (QED) is 0.143. The minimum Gasteiger partial charge on any atom is -0.462 e. The number of ether oxygens (including phenoxy) is 1. The molecule has 0 spiro atoms. The van der Waals surface area contributed by atoms with Gasteiger partial charge in [-0.1, -0.05) is 59.6 Å². The van der Waals surface area contributed by atoms with E-state index in [2.05, 4.69) is 17.1 Å². The van der Waals surface area contributed by atoms with Crippen molar-refractivity contribution in [1.82, 2.24) is 9.55 Å². The van der Waals surface area contributed by atoms with Gasteiger partial charge in [0.1, 0.15) is 0 Å². The van der Waals surface area contributed by atoms with Crippen molar-refractivity contribution in [2.24, 2.45) is 0 Å². The molecule has 6 rings (SSSR count). The number of rotatable bonds is 9. The summed E-state index contributed by atoms with van der Waals surface area (Å²) in [5, 5.41) is 0.941. The zero-order valence-corrected chi connectivity index (χ0v) is 25.1. The molecule has 0 N–H and O–H groups in total. The van der Waals surface area contributed by atoms with Crippen LogP contribution in [0.25, 0.3) is 0 Å². The number of aryl methyl sites for hydroxylation is 2. The summed E-state index contributed by atoms with van der Waals surface area (Å²) in [5.41, 5.74) is 7.17. The molecule has 1 aromatic heterocycles. The Bertz CT molecular complexity index is 1630. The molecular weight excluding hydrogens is 567 g/mol. The summed E-state index contributed by atoms with van der Waals surface area (Å²) in [7, 11) is 0.